The molecule has 1 aromatic rings. The van der Waals surface area contributed by atoms with Crippen molar-refractivity contribution in [1.82, 2.24) is 0 Å². The Morgan fingerprint density at radius 2 is 1.53 bits per heavy atom. The van der Waals surface area contributed by atoms with Crippen LogP contribution in [0.3, 0.4) is 0 Å². The first-order valence-corrected chi connectivity index (χ1v) is 13.2. The molecule has 3 rings (SSSR count). The minimum absolute atomic E-state index is 0.848. The Bertz CT molecular complexity index is 606. The predicted octanol–water partition coefficient (Wildman–Crippen LogP) is 8.91. The molecule has 1 fully saturated rings. The minimum atomic E-state index is 0.848. The second-order valence-corrected chi connectivity index (χ2v) is 10.1. The molecule has 0 spiro atoms. The van der Waals surface area contributed by atoms with E-state index in [1.165, 1.54) is 95.5 Å². The van der Waals surface area contributed by atoms with Crippen molar-refractivity contribution in [2.75, 3.05) is 6.61 Å². The zero-order valence-electron chi connectivity index (χ0n) is 19.8. The molecule has 0 radical (unpaired) electrons. The Morgan fingerprint density at radius 3 is 2.20 bits per heavy atom. The number of hydrogen-bond donors (Lipinski definition) is 0. The van der Waals surface area contributed by atoms with Gasteiger partial charge in [-0.2, -0.15) is 0 Å². The lowest BCUT2D eigenvalue weighted by atomic mass is 9.76. The normalized spacial score (nSPS) is 24.5. The maximum absolute atomic E-state index is 5.84. The first kappa shape index (κ1) is 23.4. The van der Waals surface area contributed by atoms with E-state index in [-0.39, 0.29) is 0 Å². The molecule has 168 valence electrons. The van der Waals surface area contributed by atoms with Crippen LogP contribution in [0.1, 0.15) is 109 Å². The largest absolute Gasteiger partial charge is 0.494 e. The maximum atomic E-state index is 5.84. The lowest BCUT2D eigenvalue weighted by molar-refractivity contribution is 0.241. The van der Waals surface area contributed by atoms with Crippen molar-refractivity contribution >= 4 is 0 Å². The molecule has 1 saturated carbocycles. The lowest BCUT2D eigenvalue weighted by Gasteiger charge is -2.29. The van der Waals surface area contributed by atoms with Gasteiger partial charge in [-0.25, -0.2) is 0 Å². The number of hydrogen-bond acceptors (Lipinski definition) is 1. The van der Waals surface area contributed by atoms with Crippen molar-refractivity contribution < 1.29 is 4.74 Å². The highest BCUT2D eigenvalue weighted by atomic mass is 16.5. The van der Waals surface area contributed by atoms with Crippen LogP contribution < -0.4 is 4.74 Å². The van der Waals surface area contributed by atoms with Gasteiger partial charge >= 0.3 is 0 Å². The van der Waals surface area contributed by atoms with E-state index in [1.54, 1.807) is 5.57 Å². The zero-order chi connectivity index (χ0) is 21.0. The summed E-state index contributed by atoms with van der Waals surface area (Å²) in [6.45, 7) is 5.45. The molecule has 1 atom stereocenters. The van der Waals surface area contributed by atoms with Crippen LogP contribution >= 0.6 is 0 Å². The first-order valence-electron chi connectivity index (χ1n) is 13.2. The number of ether oxygens (including phenoxy) is 1. The van der Waals surface area contributed by atoms with Gasteiger partial charge in [-0.05, 0) is 80.4 Å². The van der Waals surface area contributed by atoms with Crippen LogP contribution in [0.25, 0.3) is 0 Å². The fourth-order valence-corrected chi connectivity index (χ4v) is 5.43. The van der Waals surface area contributed by atoms with Crippen molar-refractivity contribution in [3.8, 4) is 5.75 Å². The van der Waals surface area contributed by atoms with Gasteiger partial charge in [0.25, 0.3) is 0 Å². The molecule has 0 heterocycles. The fraction of sp³-hybridized carbons (Fsp3) is 0.724. The second-order valence-electron chi connectivity index (χ2n) is 10.1. The Kier molecular flexibility index (Phi) is 10.3. The molecular formula is C29H46O. The summed E-state index contributed by atoms with van der Waals surface area (Å²) in [5, 5.41) is 0. The molecule has 1 nitrogen and oxygen atoms in total. The molecule has 0 N–H and O–H groups in total. The molecule has 1 unspecified atom stereocenters. The van der Waals surface area contributed by atoms with Gasteiger partial charge in [-0.1, -0.05) is 89.0 Å². The fourth-order valence-electron chi connectivity index (χ4n) is 5.43. The summed E-state index contributed by atoms with van der Waals surface area (Å²) in [5.41, 5.74) is 3.15. The Hall–Kier alpha value is -1.24. The van der Waals surface area contributed by atoms with Crippen LogP contribution in [-0.2, 0) is 6.42 Å². The molecule has 0 saturated heterocycles. The van der Waals surface area contributed by atoms with Crippen molar-refractivity contribution in [1.29, 1.82) is 0 Å². The smallest absolute Gasteiger partial charge is 0.119 e. The van der Waals surface area contributed by atoms with Gasteiger partial charge in [0.1, 0.15) is 5.75 Å². The number of aryl methyl sites for hydroxylation is 1. The molecule has 0 aromatic heterocycles. The summed E-state index contributed by atoms with van der Waals surface area (Å²) in [7, 11) is 0. The monoisotopic (exact) mass is 410 g/mol. The third kappa shape index (κ3) is 8.12. The summed E-state index contributed by atoms with van der Waals surface area (Å²) in [4.78, 5) is 0. The Balaban J connectivity index is 1.30. The number of rotatable bonds is 12. The van der Waals surface area contributed by atoms with Gasteiger partial charge in [0.2, 0.25) is 0 Å². The van der Waals surface area contributed by atoms with Crippen LogP contribution in [0, 0.1) is 17.8 Å². The predicted molar refractivity (Wildman–Crippen MR) is 130 cm³/mol. The van der Waals surface area contributed by atoms with E-state index >= 15 is 0 Å². The summed E-state index contributed by atoms with van der Waals surface area (Å²) in [5.74, 6) is 4.06. The topological polar surface area (TPSA) is 9.23 Å². The van der Waals surface area contributed by atoms with Crippen LogP contribution in [0.4, 0.5) is 0 Å². The standard InChI is InChI=1S/C29H46O/c1-3-5-6-23-30-29-21-19-28(20-22-29)18-17-27-15-13-26(14-16-27)12-11-25-9-7-24(4-2)8-10-25/h15,19-22,24-26H,3-14,16-18,23H2,1-2H3/t24-,25-,26?. The summed E-state index contributed by atoms with van der Waals surface area (Å²) in [6, 6.07) is 8.82. The minimum Gasteiger partial charge on any atom is -0.494 e. The van der Waals surface area contributed by atoms with Crippen LogP contribution in [-0.4, -0.2) is 6.61 Å². The Labute approximate surface area is 186 Å². The van der Waals surface area contributed by atoms with E-state index in [4.69, 9.17) is 4.74 Å². The van der Waals surface area contributed by atoms with Crippen LogP contribution in [0.2, 0.25) is 0 Å². The SMILES string of the molecule is CCCCCOc1ccc(CCC2=CCC(CC[C@H]3CC[C@H](CC)CC3)CC2)cc1. The van der Waals surface area contributed by atoms with Crippen LogP contribution in [0.5, 0.6) is 5.75 Å². The molecule has 1 aromatic carbocycles. The second kappa shape index (κ2) is 13.2. The molecule has 0 bridgehead atoms. The first-order chi connectivity index (χ1) is 14.8. The quantitative estimate of drug-likeness (QED) is 0.247. The molecule has 0 amide bonds. The summed E-state index contributed by atoms with van der Waals surface area (Å²) in [6.07, 6.45) is 23.2. The van der Waals surface area contributed by atoms with Crippen molar-refractivity contribution in [3.63, 3.8) is 0 Å². The van der Waals surface area contributed by atoms with Crippen LogP contribution in [0.15, 0.2) is 35.9 Å². The number of benzene rings is 1. The highest BCUT2D eigenvalue weighted by Gasteiger charge is 2.21. The van der Waals surface area contributed by atoms with Gasteiger partial charge in [0, 0.05) is 0 Å². The van der Waals surface area contributed by atoms with Crippen molar-refractivity contribution in [2.45, 2.75) is 110 Å². The van der Waals surface area contributed by atoms with E-state index in [9.17, 15) is 0 Å². The highest BCUT2D eigenvalue weighted by molar-refractivity contribution is 5.28. The van der Waals surface area contributed by atoms with E-state index in [0.717, 1.165) is 36.5 Å². The lowest BCUT2D eigenvalue weighted by Crippen LogP contribution is -2.15. The Morgan fingerprint density at radius 1 is 0.800 bits per heavy atom. The van der Waals surface area contributed by atoms with Crippen molar-refractivity contribution in [2.24, 2.45) is 17.8 Å². The van der Waals surface area contributed by atoms with E-state index in [0.29, 0.717) is 0 Å². The zero-order valence-corrected chi connectivity index (χ0v) is 19.8. The highest BCUT2D eigenvalue weighted by Crippen LogP contribution is 2.36. The van der Waals surface area contributed by atoms with E-state index < -0.39 is 0 Å². The van der Waals surface area contributed by atoms with E-state index in [2.05, 4.69) is 44.2 Å². The molecular weight excluding hydrogens is 364 g/mol. The third-order valence-electron chi connectivity index (χ3n) is 7.82. The van der Waals surface area contributed by atoms with Gasteiger partial charge in [0.05, 0.1) is 6.61 Å². The average Bonchev–Trinajstić information content (AvgIpc) is 2.81. The number of allylic oxidation sites excluding steroid dienone is 2. The molecule has 2 aliphatic rings. The molecule has 30 heavy (non-hydrogen) atoms. The molecule has 1 heteroatoms. The maximum Gasteiger partial charge on any atom is 0.119 e. The summed E-state index contributed by atoms with van der Waals surface area (Å²) >= 11 is 0. The van der Waals surface area contributed by atoms with Gasteiger partial charge in [-0.15, -0.1) is 0 Å². The molecule has 2 aliphatic carbocycles. The third-order valence-corrected chi connectivity index (χ3v) is 7.82. The summed E-state index contributed by atoms with van der Waals surface area (Å²) < 4.78 is 5.84. The van der Waals surface area contributed by atoms with Gasteiger partial charge < -0.3 is 4.74 Å². The van der Waals surface area contributed by atoms with Gasteiger partial charge in [-0.3, -0.25) is 0 Å². The average molecular weight is 411 g/mol. The molecule has 0 aliphatic heterocycles. The van der Waals surface area contributed by atoms with Crippen molar-refractivity contribution in [3.05, 3.63) is 41.5 Å². The van der Waals surface area contributed by atoms with E-state index in [1.807, 2.05) is 0 Å². The number of unbranched alkanes of at least 4 members (excludes halogenated alkanes) is 2. The van der Waals surface area contributed by atoms with Gasteiger partial charge in [0.15, 0.2) is 0 Å².